The molecule has 0 N–H and O–H groups in total. The first-order valence-corrected chi connectivity index (χ1v) is 6.80. The van der Waals surface area contributed by atoms with Gasteiger partial charge in [0.15, 0.2) is 0 Å². The van der Waals surface area contributed by atoms with Crippen LogP contribution in [0.2, 0.25) is 0 Å². The van der Waals surface area contributed by atoms with Crippen LogP contribution in [0.15, 0.2) is 18.2 Å². The van der Waals surface area contributed by atoms with Crippen LogP contribution >= 0.6 is 23.2 Å². The second kappa shape index (κ2) is 5.44. The number of esters is 1. The monoisotopic (exact) mass is 380 g/mol. The zero-order chi connectivity index (χ0) is 17.8. The second-order valence-corrected chi connectivity index (χ2v) is 6.44. The fourth-order valence-corrected chi connectivity index (χ4v) is 3.13. The van der Waals surface area contributed by atoms with Crippen LogP contribution in [0.5, 0.6) is 0 Å². The number of carbonyl (C=O) groups is 1. The maximum atomic E-state index is 12.8. The molecule has 128 valence electrons. The molecular formula is C13H8Cl2F6O2. The first-order chi connectivity index (χ1) is 10.3. The zero-order valence-electron chi connectivity index (χ0n) is 11.2. The van der Waals surface area contributed by atoms with Crippen molar-refractivity contribution in [3.63, 3.8) is 0 Å². The van der Waals surface area contributed by atoms with E-state index in [9.17, 15) is 31.1 Å². The van der Waals surface area contributed by atoms with Gasteiger partial charge in [0.05, 0.1) is 18.2 Å². The minimum absolute atomic E-state index is 0.0107. The van der Waals surface area contributed by atoms with Crippen molar-refractivity contribution < 1.29 is 35.9 Å². The first-order valence-electron chi connectivity index (χ1n) is 6.05. The van der Waals surface area contributed by atoms with E-state index in [0.29, 0.717) is 12.1 Å². The van der Waals surface area contributed by atoms with Crippen LogP contribution in [0.4, 0.5) is 26.3 Å². The molecule has 0 heterocycles. The minimum Gasteiger partial charge on any atom is -0.469 e. The van der Waals surface area contributed by atoms with Crippen LogP contribution in [-0.2, 0) is 21.9 Å². The summed E-state index contributed by atoms with van der Waals surface area (Å²) in [5, 5.41) is 0. The summed E-state index contributed by atoms with van der Waals surface area (Å²) in [6.07, 6.45) is -9.99. The Labute approximate surface area is 136 Å². The Balaban J connectivity index is 2.54. The number of rotatable bonds is 2. The van der Waals surface area contributed by atoms with Gasteiger partial charge in [0.1, 0.15) is 10.3 Å². The third kappa shape index (κ3) is 3.38. The van der Waals surface area contributed by atoms with Gasteiger partial charge in [0.2, 0.25) is 0 Å². The summed E-state index contributed by atoms with van der Waals surface area (Å²) in [6, 6.07) is 0.994. The summed E-state index contributed by atoms with van der Waals surface area (Å²) in [4.78, 5) is 11.5. The molecular weight excluding hydrogens is 373 g/mol. The van der Waals surface area contributed by atoms with E-state index in [1.54, 1.807) is 0 Å². The van der Waals surface area contributed by atoms with E-state index >= 15 is 0 Å². The first kappa shape index (κ1) is 18.2. The van der Waals surface area contributed by atoms with E-state index in [4.69, 9.17) is 23.2 Å². The molecule has 0 aromatic heterocycles. The van der Waals surface area contributed by atoms with Gasteiger partial charge in [-0.1, -0.05) is 23.2 Å². The third-order valence-electron chi connectivity index (χ3n) is 3.48. The van der Waals surface area contributed by atoms with Crippen molar-refractivity contribution in [3.8, 4) is 0 Å². The van der Waals surface area contributed by atoms with Crippen molar-refractivity contribution in [2.45, 2.75) is 22.6 Å². The maximum Gasteiger partial charge on any atom is 0.416 e. The van der Waals surface area contributed by atoms with E-state index < -0.39 is 51.2 Å². The Kier molecular flexibility index (Phi) is 4.31. The van der Waals surface area contributed by atoms with Crippen LogP contribution in [0.25, 0.3) is 0 Å². The Bertz CT molecular complexity index is 606. The SMILES string of the molecule is COC(=O)[C@@H]1[C@@H](c2cc(C(F)(F)F)cc(C(F)(F)F)c2)C1(Cl)Cl. The highest BCUT2D eigenvalue weighted by molar-refractivity contribution is 6.53. The summed E-state index contributed by atoms with van der Waals surface area (Å²) in [5.41, 5.74) is -3.42. The molecule has 0 amide bonds. The molecule has 1 aromatic rings. The molecule has 2 atom stereocenters. The molecule has 1 fully saturated rings. The second-order valence-electron chi connectivity index (χ2n) is 4.99. The fraction of sp³-hybridized carbons (Fsp3) is 0.462. The molecule has 2 rings (SSSR count). The van der Waals surface area contributed by atoms with E-state index in [2.05, 4.69) is 4.74 Å². The van der Waals surface area contributed by atoms with Crippen LogP contribution < -0.4 is 0 Å². The average Bonchev–Trinajstić information content (AvgIpc) is 2.98. The van der Waals surface area contributed by atoms with Crippen molar-refractivity contribution in [2.75, 3.05) is 7.11 Å². The van der Waals surface area contributed by atoms with Crippen LogP contribution in [-0.4, -0.2) is 17.4 Å². The van der Waals surface area contributed by atoms with Gasteiger partial charge in [0.25, 0.3) is 0 Å². The number of hydrogen-bond acceptors (Lipinski definition) is 2. The summed E-state index contributed by atoms with van der Waals surface area (Å²) in [7, 11) is 1.01. The molecule has 0 radical (unpaired) electrons. The van der Waals surface area contributed by atoms with E-state index in [1.807, 2.05) is 0 Å². The highest BCUT2D eigenvalue weighted by atomic mass is 35.5. The predicted molar refractivity (Wildman–Crippen MR) is 69.1 cm³/mol. The van der Waals surface area contributed by atoms with Crippen molar-refractivity contribution >= 4 is 29.2 Å². The number of carbonyl (C=O) groups excluding carboxylic acids is 1. The molecule has 1 aliphatic carbocycles. The Morgan fingerprint density at radius 2 is 1.48 bits per heavy atom. The fourth-order valence-electron chi connectivity index (χ4n) is 2.32. The number of hydrogen-bond donors (Lipinski definition) is 0. The van der Waals surface area contributed by atoms with Crippen molar-refractivity contribution in [2.24, 2.45) is 5.92 Å². The van der Waals surface area contributed by atoms with Gasteiger partial charge in [0, 0.05) is 5.92 Å². The van der Waals surface area contributed by atoms with Crippen LogP contribution in [0.1, 0.15) is 22.6 Å². The highest BCUT2D eigenvalue weighted by Crippen LogP contribution is 2.65. The van der Waals surface area contributed by atoms with Crippen LogP contribution in [0.3, 0.4) is 0 Å². The topological polar surface area (TPSA) is 26.3 Å². The molecule has 0 unspecified atom stereocenters. The average molecular weight is 381 g/mol. The van der Waals surface area contributed by atoms with Gasteiger partial charge < -0.3 is 4.74 Å². The lowest BCUT2D eigenvalue weighted by atomic mass is 10.0. The molecule has 1 saturated carbocycles. The summed E-state index contributed by atoms with van der Waals surface area (Å²) in [5.74, 6) is -3.37. The highest BCUT2D eigenvalue weighted by Gasteiger charge is 2.68. The molecule has 1 aliphatic rings. The van der Waals surface area contributed by atoms with Crippen molar-refractivity contribution in [1.29, 1.82) is 0 Å². The summed E-state index contributed by atoms with van der Waals surface area (Å²) < 4.78 is 79.4. The quantitative estimate of drug-likeness (QED) is 0.419. The normalized spacial score (nSPS) is 23.5. The Morgan fingerprint density at radius 3 is 1.83 bits per heavy atom. The number of methoxy groups -OCH3 is 1. The number of ether oxygens (including phenoxy) is 1. The smallest absolute Gasteiger partial charge is 0.416 e. The van der Waals surface area contributed by atoms with Gasteiger partial charge in [-0.25, -0.2) is 0 Å². The van der Waals surface area contributed by atoms with Gasteiger partial charge >= 0.3 is 18.3 Å². The van der Waals surface area contributed by atoms with Gasteiger partial charge in [-0.15, -0.1) is 0 Å². The molecule has 1 aromatic carbocycles. The molecule has 23 heavy (non-hydrogen) atoms. The Hall–Kier alpha value is -1.15. The van der Waals surface area contributed by atoms with Crippen LogP contribution in [0, 0.1) is 5.92 Å². The standard InChI is InChI=1S/C13H8Cl2F6O2/c1-23-10(22)9-8(11(9,14)15)5-2-6(12(16,17)18)4-7(3-5)13(19,20)21/h2-4,8-9H,1H3/t8-,9+/m1/s1. The molecule has 0 bridgehead atoms. The summed E-state index contributed by atoms with van der Waals surface area (Å²) >= 11 is 11.6. The maximum absolute atomic E-state index is 12.8. The molecule has 10 heteroatoms. The number of benzene rings is 1. The molecule has 2 nitrogen and oxygen atoms in total. The molecule has 0 aliphatic heterocycles. The van der Waals surface area contributed by atoms with Gasteiger partial charge in [-0.2, -0.15) is 26.3 Å². The predicted octanol–water partition coefficient (Wildman–Crippen LogP) is 4.78. The lowest BCUT2D eigenvalue weighted by molar-refractivity contribution is -0.143. The lowest BCUT2D eigenvalue weighted by Crippen LogP contribution is -2.12. The largest absolute Gasteiger partial charge is 0.469 e. The van der Waals surface area contributed by atoms with Crippen molar-refractivity contribution in [3.05, 3.63) is 34.9 Å². The van der Waals surface area contributed by atoms with E-state index in [0.717, 1.165) is 7.11 Å². The number of alkyl halides is 8. The summed E-state index contributed by atoms with van der Waals surface area (Å²) in [6.45, 7) is 0. The van der Waals surface area contributed by atoms with Crippen molar-refractivity contribution in [1.82, 2.24) is 0 Å². The molecule has 0 spiro atoms. The zero-order valence-corrected chi connectivity index (χ0v) is 12.7. The number of halogens is 8. The lowest BCUT2D eigenvalue weighted by Gasteiger charge is -2.14. The van der Waals surface area contributed by atoms with Gasteiger partial charge in [-0.05, 0) is 23.8 Å². The molecule has 0 saturated heterocycles. The Morgan fingerprint density at radius 1 is 1.04 bits per heavy atom. The van der Waals surface area contributed by atoms with Gasteiger partial charge in [-0.3, -0.25) is 4.79 Å². The van der Waals surface area contributed by atoms with E-state index in [-0.39, 0.29) is 6.07 Å². The minimum atomic E-state index is -4.99. The van der Waals surface area contributed by atoms with E-state index in [1.165, 1.54) is 0 Å². The third-order valence-corrected chi connectivity index (χ3v) is 4.42.